The van der Waals surface area contributed by atoms with Gasteiger partial charge >= 0.3 is 0 Å². The summed E-state index contributed by atoms with van der Waals surface area (Å²) < 4.78 is 0. The first-order valence-corrected chi connectivity index (χ1v) is 5.51. The molecule has 2 unspecified atom stereocenters. The van der Waals surface area contributed by atoms with Crippen LogP contribution in [-0.2, 0) is 0 Å². The summed E-state index contributed by atoms with van der Waals surface area (Å²) in [5, 5.41) is 0. The minimum atomic E-state index is 0.208. The molecule has 1 fully saturated rings. The molecule has 4 nitrogen and oxygen atoms in total. The number of hydrogen-bond donors (Lipinski definition) is 1. The van der Waals surface area contributed by atoms with Gasteiger partial charge in [-0.3, -0.25) is 4.90 Å². The van der Waals surface area contributed by atoms with Crippen LogP contribution in [0.2, 0.25) is 0 Å². The molecule has 2 rings (SSSR count). The highest BCUT2D eigenvalue weighted by Crippen LogP contribution is 2.29. The number of aryl methyl sites for hydroxylation is 1. The molecular formula is C11H18N4. The molecule has 0 saturated carbocycles. The molecule has 1 aliphatic rings. The van der Waals surface area contributed by atoms with Gasteiger partial charge in [0.1, 0.15) is 5.82 Å². The lowest BCUT2D eigenvalue weighted by Gasteiger charge is -2.24. The monoisotopic (exact) mass is 206 g/mol. The number of nitrogens with zero attached hydrogens (tertiary/aromatic N) is 3. The van der Waals surface area contributed by atoms with E-state index in [1.165, 1.54) is 0 Å². The Bertz CT molecular complexity index is 339. The largest absolute Gasteiger partial charge is 0.326 e. The Morgan fingerprint density at radius 1 is 1.60 bits per heavy atom. The number of rotatable bonds is 2. The third-order valence-corrected chi connectivity index (χ3v) is 3.06. The Labute approximate surface area is 90.5 Å². The maximum atomic E-state index is 6.12. The summed E-state index contributed by atoms with van der Waals surface area (Å²) in [6.07, 6.45) is 2.87. The molecule has 4 heteroatoms. The average molecular weight is 206 g/mol. The predicted octanol–water partition coefficient (Wildman–Crippen LogP) is 0.879. The van der Waals surface area contributed by atoms with Gasteiger partial charge in [-0.15, -0.1) is 0 Å². The normalized spacial score (nSPS) is 27.1. The molecule has 0 aliphatic carbocycles. The van der Waals surface area contributed by atoms with Crippen molar-refractivity contribution in [3.8, 4) is 0 Å². The topological polar surface area (TPSA) is 55.0 Å². The zero-order valence-electron chi connectivity index (χ0n) is 9.35. The van der Waals surface area contributed by atoms with Gasteiger partial charge in [-0.2, -0.15) is 0 Å². The number of nitrogens with two attached hydrogens (primary N) is 1. The van der Waals surface area contributed by atoms with Crippen LogP contribution >= 0.6 is 0 Å². The number of aromatic nitrogens is 2. The van der Waals surface area contributed by atoms with E-state index >= 15 is 0 Å². The molecule has 82 valence electrons. The lowest BCUT2D eigenvalue weighted by Crippen LogP contribution is -2.32. The summed E-state index contributed by atoms with van der Waals surface area (Å²) in [7, 11) is 0. The molecule has 1 aliphatic heterocycles. The highest BCUT2D eigenvalue weighted by molar-refractivity contribution is 5.12. The van der Waals surface area contributed by atoms with Crippen molar-refractivity contribution in [3.05, 3.63) is 23.8 Å². The van der Waals surface area contributed by atoms with Crippen LogP contribution in [0.15, 0.2) is 12.3 Å². The molecule has 0 bridgehead atoms. The Kier molecular flexibility index (Phi) is 2.98. The maximum absolute atomic E-state index is 6.12. The molecule has 0 spiro atoms. The van der Waals surface area contributed by atoms with Crippen molar-refractivity contribution in [3.63, 3.8) is 0 Å². The standard InChI is InChI=1S/C11H18N4/c1-3-15-7-5-9(12)11(15)10-4-6-13-8(2)14-10/h4,6,9,11H,3,5,7,12H2,1-2H3. The Morgan fingerprint density at radius 3 is 3.07 bits per heavy atom. The fourth-order valence-electron chi connectivity index (χ4n) is 2.28. The van der Waals surface area contributed by atoms with Crippen molar-refractivity contribution < 1.29 is 0 Å². The van der Waals surface area contributed by atoms with Crippen LogP contribution in [0.3, 0.4) is 0 Å². The average Bonchev–Trinajstić information content (AvgIpc) is 2.59. The van der Waals surface area contributed by atoms with Crippen molar-refractivity contribution in [2.24, 2.45) is 5.73 Å². The second-order valence-electron chi connectivity index (χ2n) is 4.05. The van der Waals surface area contributed by atoms with E-state index in [2.05, 4.69) is 21.8 Å². The lowest BCUT2D eigenvalue weighted by atomic mass is 10.1. The summed E-state index contributed by atoms with van der Waals surface area (Å²) >= 11 is 0. The van der Waals surface area contributed by atoms with E-state index in [1.807, 2.05) is 19.2 Å². The summed E-state index contributed by atoms with van der Waals surface area (Å²) in [6, 6.07) is 2.46. The van der Waals surface area contributed by atoms with E-state index in [-0.39, 0.29) is 12.1 Å². The first-order chi connectivity index (χ1) is 7.22. The highest BCUT2D eigenvalue weighted by atomic mass is 15.2. The number of likely N-dealkylation sites (tertiary alicyclic amines) is 1. The van der Waals surface area contributed by atoms with Gasteiger partial charge in [0.2, 0.25) is 0 Å². The molecule has 2 atom stereocenters. The molecule has 1 saturated heterocycles. The molecule has 2 heterocycles. The van der Waals surface area contributed by atoms with E-state index in [1.54, 1.807) is 0 Å². The second-order valence-corrected chi connectivity index (χ2v) is 4.05. The van der Waals surface area contributed by atoms with Gasteiger partial charge in [0.15, 0.2) is 0 Å². The van der Waals surface area contributed by atoms with Gasteiger partial charge in [0.05, 0.1) is 11.7 Å². The molecule has 15 heavy (non-hydrogen) atoms. The maximum Gasteiger partial charge on any atom is 0.125 e. The van der Waals surface area contributed by atoms with E-state index in [4.69, 9.17) is 5.73 Å². The van der Waals surface area contributed by atoms with Gasteiger partial charge in [-0.1, -0.05) is 6.92 Å². The number of hydrogen-bond acceptors (Lipinski definition) is 4. The summed E-state index contributed by atoms with van der Waals surface area (Å²) in [5.74, 6) is 0.822. The minimum absolute atomic E-state index is 0.208. The first kappa shape index (κ1) is 10.5. The highest BCUT2D eigenvalue weighted by Gasteiger charge is 2.32. The van der Waals surface area contributed by atoms with E-state index in [0.717, 1.165) is 31.0 Å². The van der Waals surface area contributed by atoms with Gasteiger partial charge < -0.3 is 5.73 Å². The van der Waals surface area contributed by atoms with Gasteiger partial charge in [0.25, 0.3) is 0 Å². The summed E-state index contributed by atoms with van der Waals surface area (Å²) in [4.78, 5) is 11.0. The Balaban J connectivity index is 2.28. The van der Waals surface area contributed by atoms with Crippen molar-refractivity contribution in [1.29, 1.82) is 0 Å². The number of likely N-dealkylation sites (N-methyl/N-ethyl adjacent to an activating group) is 1. The lowest BCUT2D eigenvalue weighted by molar-refractivity contribution is 0.256. The van der Waals surface area contributed by atoms with Crippen molar-refractivity contribution in [1.82, 2.24) is 14.9 Å². The molecular weight excluding hydrogens is 188 g/mol. The molecule has 0 aromatic carbocycles. The Morgan fingerprint density at radius 2 is 2.40 bits per heavy atom. The third-order valence-electron chi connectivity index (χ3n) is 3.06. The predicted molar refractivity (Wildman–Crippen MR) is 59.3 cm³/mol. The van der Waals surface area contributed by atoms with Crippen LogP contribution < -0.4 is 5.73 Å². The van der Waals surface area contributed by atoms with Crippen LogP contribution in [0.5, 0.6) is 0 Å². The molecule has 0 radical (unpaired) electrons. The fraction of sp³-hybridized carbons (Fsp3) is 0.636. The SMILES string of the molecule is CCN1CCC(N)C1c1ccnc(C)n1. The smallest absolute Gasteiger partial charge is 0.125 e. The van der Waals surface area contributed by atoms with Gasteiger partial charge in [-0.05, 0) is 26.0 Å². The van der Waals surface area contributed by atoms with Crippen LogP contribution in [0.1, 0.15) is 30.9 Å². The van der Waals surface area contributed by atoms with Crippen LogP contribution in [0.25, 0.3) is 0 Å². The van der Waals surface area contributed by atoms with Gasteiger partial charge in [0, 0.05) is 18.8 Å². The quantitative estimate of drug-likeness (QED) is 0.780. The fourth-order valence-corrected chi connectivity index (χ4v) is 2.28. The molecule has 1 aromatic rings. The zero-order chi connectivity index (χ0) is 10.8. The summed E-state index contributed by atoms with van der Waals surface area (Å²) in [6.45, 7) is 6.19. The zero-order valence-corrected chi connectivity index (χ0v) is 9.35. The molecule has 1 aromatic heterocycles. The second kappa shape index (κ2) is 4.24. The first-order valence-electron chi connectivity index (χ1n) is 5.51. The van der Waals surface area contributed by atoms with Crippen LogP contribution in [0.4, 0.5) is 0 Å². The van der Waals surface area contributed by atoms with Crippen molar-refractivity contribution in [2.45, 2.75) is 32.4 Å². The van der Waals surface area contributed by atoms with Crippen LogP contribution in [0, 0.1) is 6.92 Å². The van der Waals surface area contributed by atoms with Crippen molar-refractivity contribution in [2.75, 3.05) is 13.1 Å². The third kappa shape index (κ3) is 2.01. The van der Waals surface area contributed by atoms with E-state index < -0.39 is 0 Å². The van der Waals surface area contributed by atoms with E-state index in [9.17, 15) is 0 Å². The molecule has 0 amide bonds. The van der Waals surface area contributed by atoms with Crippen molar-refractivity contribution >= 4 is 0 Å². The minimum Gasteiger partial charge on any atom is -0.326 e. The Hall–Kier alpha value is -1.00. The summed E-state index contributed by atoms with van der Waals surface area (Å²) in [5.41, 5.74) is 7.19. The van der Waals surface area contributed by atoms with Crippen LogP contribution in [-0.4, -0.2) is 34.0 Å². The molecule has 2 N–H and O–H groups in total. The van der Waals surface area contributed by atoms with Gasteiger partial charge in [-0.25, -0.2) is 9.97 Å². The van der Waals surface area contributed by atoms with E-state index in [0.29, 0.717) is 0 Å².